The van der Waals surface area contributed by atoms with E-state index >= 15 is 0 Å². The third-order valence-corrected chi connectivity index (χ3v) is 3.61. The summed E-state index contributed by atoms with van der Waals surface area (Å²) in [6, 6.07) is 7.41. The van der Waals surface area contributed by atoms with Crippen LogP contribution in [0.3, 0.4) is 0 Å². The molecule has 2 aromatic rings. The van der Waals surface area contributed by atoms with E-state index in [1.165, 1.54) is 0 Å². The first-order valence-corrected chi connectivity index (χ1v) is 6.53. The molecule has 0 bridgehead atoms. The topological polar surface area (TPSA) is 66.3 Å². The van der Waals surface area contributed by atoms with Crippen LogP contribution in [0.25, 0.3) is 0 Å². The van der Waals surface area contributed by atoms with Crippen molar-refractivity contribution >= 4 is 11.8 Å². The molecule has 3 rings (SSSR count). The molecular weight excluding hydrogens is 254 g/mol. The summed E-state index contributed by atoms with van der Waals surface area (Å²) < 4.78 is 0. The van der Waals surface area contributed by atoms with Crippen LogP contribution in [0.1, 0.15) is 27.2 Å². The summed E-state index contributed by atoms with van der Waals surface area (Å²) >= 11 is 0. The lowest BCUT2D eigenvalue weighted by molar-refractivity contribution is 0.0695. The fourth-order valence-corrected chi connectivity index (χ4v) is 2.62. The smallest absolute Gasteiger partial charge is 0.335 e. The summed E-state index contributed by atoms with van der Waals surface area (Å²) in [5.74, 6) is 0.0389. The second-order valence-electron chi connectivity index (χ2n) is 4.94. The predicted molar refractivity (Wildman–Crippen MR) is 74.9 cm³/mol. The normalized spacial score (nSPS) is 13.9. The molecule has 1 aliphatic heterocycles. The molecule has 102 valence electrons. The summed E-state index contributed by atoms with van der Waals surface area (Å²) in [7, 11) is 0. The fraction of sp³-hybridized carbons (Fsp3) is 0.267. The van der Waals surface area contributed by atoms with Gasteiger partial charge in [-0.15, -0.1) is 0 Å². The zero-order chi connectivity index (χ0) is 14.1. The average Bonchev–Trinajstić information content (AvgIpc) is 2.46. The summed E-state index contributed by atoms with van der Waals surface area (Å²) in [5, 5.41) is 9.23. The third kappa shape index (κ3) is 2.22. The van der Waals surface area contributed by atoms with E-state index in [4.69, 9.17) is 0 Å². The highest BCUT2D eigenvalue weighted by molar-refractivity contribution is 5.90. The molecule has 0 radical (unpaired) electrons. The van der Waals surface area contributed by atoms with Gasteiger partial charge in [-0.25, -0.2) is 14.8 Å². The summed E-state index contributed by atoms with van der Waals surface area (Å²) in [5.41, 5.74) is 3.36. The van der Waals surface area contributed by atoms with Crippen molar-refractivity contribution < 1.29 is 9.90 Å². The van der Waals surface area contributed by atoms with Gasteiger partial charge in [0.25, 0.3) is 0 Å². The van der Waals surface area contributed by atoms with E-state index in [1.54, 1.807) is 18.5 Å². The molecule has 0 saturated carbocycles. The van der Waals surface area contributed by atoms with Gasteiger partial charge in [0.2, 0.25) is 0 Å². The highest BCUT2D eigenvalue weighted by Gasteiger charge is 2.21. The highest BCUT2D eigenvalue weighted by Crippen LogP contribution is 2.25. The van der Waals surface area contributed by atoms with Gasteiger partial charge in [0.05, 0.1) is 5.56 Å². The lowest BCUT2D eigenvalue weighted by Crippen LogP contribution is -2.32. The number of carbonyl (C=O) groups is 1. The standard InChI is InChI=1S/C15H15N3O2/c1-10-7-14(17-9-16-10)18-6-5-12-11(8-18)3-2-4-13(12)15(19)20/h2-4,7,9H,5-6,8H2,1H3,(H,19,20). The molecular formula is C15H15N3O2. The lowest BCUT2D eigenvalue weighted by atomic mass is 9.94. The van der Waals surface area contributed by atoms with E-state index in [9.17, 15) is 9.90 Å². The molecule has 1 aromatic carbocycles. The Labute approximate surface area is 116 Å². The first-order valence-electron chi connectivity index (χ1n) is 6.53. The van der Waals surface area contributed by atoms with E-state index in [0.29, 0.717) is 12.1 Å². The first-order chi connectivity index (χ1) is 9.65. The van der Waals surface area contributed by atoms with Crippen molar-refractivity contribution in [1.29, 1.82) is 0 Å². The highest BCUT2D eigenvalue weighted by atomic mass is 16.4. The number of aromatic nitrogens is 2. The third-order valence-electron chi connectivity index (χ3n) is 3.61. The number of aryl methyl sites for hydroxylation is 1. The quantitative estimate of drug-likeness (QED) is 0.903. The molecule has 0 atom stereocenters. The number of carboxylic acid groups (broad SMARTS) is 1. The summed E-state index contributed by atoms with van der Waals surface area (Å²) in [6.45, 7) is 3.40. The van der Waals surface area contributed by atoms with Crippen LogP contribution >= 0.6 is 0 Å². The second kappa shape index (κ2) is 4.92. The largest absolute Gasteiger partial charge is 0.478 e. The van der Waals surface area contributed by atoms with Gasteiger partial charge in [0.1, 0.15) is 12.1 Å². The van der Waals surface area contributed by atoms with E-state index in [0.717, 1.165) is 35.6 Å². The van der Waals surface area contributed by atoms with Gasteiger partial charge in [-0.3, -0.25) is 0 Å². The Morgan fingerprint density at radius 3 is 2.95 bits per heavy atom. The second-order valence-corrected chi connectivity index (χ2v) is 4.94. The van der Waals surface area contributed by atoms with Gasteiger partial charge in [-0.2, -0.15) is 0 Å². The number of aromatic carboxylic acids is 1. The van der Waals surface area contributed by atoms with Crippen LogP contribution in [0.5, 0.6) is 0 Å². The minimum Gasteiger partial charge on any atom is -0.478 e. The van der Waals surface area contributed by atoms with Gasteiger partial charge < -0.3 is 10.0 Å². The van der Waals surface area contributed by atoms with Crippen molar-refractivity contribution in [3.8, 4) is 0 Å². The van der Waals surface area contributed by atoms with Gasteiger partial charge in [-0.05, 0) is 30.5 Å². The van der Waals surface area contributed by atoms with Crippen LogP contribution in [0.4, 0.5) is 5.82 Å². The molecule has 0 saturated heterocycles. The van der Waals surface area contributed by atoms with E-state index in [1.807, 2.05) is 19.1 Å². The lowest BCUT2D eigenvalue weighted by Gasteiger charge is -2.30. The van der Waals surface area contributed by atoms with Crippen molar-refractivity contribution in [3.05, 3.63) is 53.0 Å². The van der Waals surface area contributed by atoms with Crippen molar-refractivity contribution in [3.63, 3.8) is 0 Å². The van der Waals surface area contributed by atoms with Crippen molar-refractivity contribution in [2.75, 3.05) is 11.4 Å². The van der Waals surface area contributed by atoms with Gasteiger partial charge in [0, 0.05) is 24.8 Å². The van der Waals surface area contributed by atoms with Crippen LogP contribution < -0.4 is 4.90 Å². The minimum absolute atomic E-state index is 0.418. The fourth-order valence-electron chi connectivity index (χ4n) is 2.62. The number of fused-ring (bicyclic) bond motifs is 1. The number of anilines is 1. The van der Waals surface area contributed by atoms with Crippen LogP contribution in [-0.2, 0) is 13.0 Å². The van der Waals surface area contributed by atoms with Crippen LogP contribution in [0.2, 0.25) is 0 Å². The maximum absolute atomic E-state index is 11.2. The molecule has 0 unspecified atom stereocenters. The van der Waals surface area contributed by atoms with Gasteiger partial charge in [-0.1, -0.05) is 12.1 Å². The molecule has 2 heterocycles. The molecule has 5 nitrogen and oxygen atoms in total. The molecule has 0 amide bonds. The maximum atomic E-state index is 11.2. The Balaban J connectivity index is 1.93. The Bertz CT molecular complexity index is 670. The zero-order valence-electron chi connectivity index (χ0n) is 11.2. The van der Waals surface area contributed by atoms with Gasteiger partial charge in [0.15, 0.2) is 0 Å². The molecule has 20 heavy (non-hydrogen) atoms. The maximum Gasteiger partial charge on any atom is 0.335 e. The Hall–Kier alpha value is -2.43. The van der Waals surface area contributed by atoms with E-state index in [-0.39, 0.29) is 0 Å². The van der Waals surface area contributed by atoms with E-state index < -0.39 is 5.97 Å². The van der Waals surface area contributed by atoms with Crippen molar-refractivity contribution in [2.24, 2.45) is 0 Å². The molecule has 0 aliphatic carbocycles. The molecule has 0 spiro atoms. The molecule has 1 aliphatic rings. The molecule has 5 heteroatoms. The van der Waals surface area contributed by atoms with Crippen LogP contribution in [0, 0.1) is 6.92 Å². The van der Waals surface area contributed by atoms with Crippen molar-refractivity contribution in [1.82, 2.24) is 9.97 Å². The summed E-state index contributed by atoms with van der Waals surface area (Å²) in [6.07, 6.45) is 2.29. The zero-order valence-corrected chi connectivity index (χ0v) is 11.2. The number of nitrogens with zero attached hydrogens (tertiary/aromatic N) is 3. The number of benzene rings is 1. The van der Waals surface area contributed by atoms with Crippen LogP contribution in [-0.4, -0.2) is 27.6 Å². The number of carboxylic acids is 1. The SMILES string of the molecule is Cc1cc(N2CCc3c(cccc3C(=O)O)C2)ncn1. The Morgan fingerprint density at radius 1 is 1.35 bits per heavy atom. The van der Waals surface area contributed by atoms with E-state index in [2.05, 4.69) is 14.9 Å². The first kappa shape index (κ1) is 12.6. The average molecular weight is 269 g/mol. The summed E-state index contributed by atoms with van der Waals surface area (Å²) in [4.78, 5) is 21.8. The number of rotatable bonds is 2. The minimum atomic E-state index is -0.854. The Morgan fingerprint density at radius 2 is 2.20 bits per heavy atom. The Kier molecular flexibility index (Phi) is 3.10. The molecule has 0 fully saturated rings. The van der Waals surface area contributed by atoms with Crippen LogP contribution in [0.15, 0.2) is 30.6 Å². The molecule has 1 N–H and O–H groups in total. The molecule has 1 aromatic heterocycles. The number of hydrogen-bond donors (Lipinski definition) is 1. The number of hydrogen-bond acceptors (Lipinski definition) is 4. The van der Waals surface area contributed by atoms with Gasteiger partial charge >= 0.3 is 5.97 Å². The monoisotopic (exact) mass is 269 g/mol. The van der Waals surface area contributed by atoms with Crippen molar-refractivity contribution in [2.45, 2.75) is 19.9 Å². The predicted octanol–water partition coefficient (Wildman–Crippen LogP) is 2.05.